The normalized spacial score (nSPS) is 15.6. The molecular formula is C17H18Cl2N2O3S3. The van der Waals surface area contributed by atoms with Gasteiger partial charge in [-0.3, -0.25) is 4.79 Å². The molecule has 1 aromatic carbocycles. The Hall–Kier alpha value is -0.770. The van der Waals surface area contributed by atoms with E-state index in [0.29, 0.717) is 36.1 Å². The molecule has 10 heteroatoms. The fraction of sp³-hybridized carbons (Fsp3) is 0.353. The van der Waals surface area contributed by atoms with Crippen LogP contribution in [0.5, 0.6) is 0 Å². The standard InChI is InChI=1S/C17H18Cl2N2O3S3/c18-13-9-12(10-14(19)11-13)1-3-20-17(22)16-15(2-6-26-16)27(23,24)21-4-7-25-8-5-21/h2,6,9-11H,1,3-5,7-8H2,(H,20,22). The van der Waals surface area contributed by atoms with Crippen molar-refractivity contribution in [3.63, 3.8) is 0 Å². The van der Waals surface area contributed by atoms with E-state index in [2.05, 4.69) is 5.32 Å². The Bertz CT molecular complexity index is 905. The third-order valence-corrected chi connectivity index (χ3v) is 8.41. The summed E-state index contributed by atoms with van der Waals surface area (Å²) in [6.07, 6.45) is 0.544. The number of amides is 1. The number of thioether (sulfide) groups is 1. The highest BCUT2D eigenvalue weighted by Crippen LogP contribution is 2.27. The van der Waals surface area contributed by atoms with Gasteiger partial charge < -0.3 is 5.32 Å². The van der Waals surface area contributed by atoms with Gasteiger partial charge in [-0.05, 0) is 41.6 Å². The molecule has 1 aliphatic rings. The second kappa shape index (κ2) is 9.15. The Labute approximate surface area is 177 Å². The summed E-state index contributed by atoms with van der Waals surface area (Å²) < 4.78 is 27.2. The monoisotopic (exact) mass is 464 g/mol. The molecule has 1 N–H and O–H groups in total. The van der Waals surface area contributed by atoms with Gasteiger partial charge in [0.25, 0.3) is 5.91 Å². The SMILES string of the molecule is O=C(NCCc1cc(Cl)cc(Cl)c1)c1sccc1S(=O)(=O)N1CCSCC1. The molecule has 0 atom stereocenters. The number of benzene rings is 1. The maximum atomic E-state index is 12.9. The van der Waals surface area contributed by atoms with Crippen LogP contribution in [-0.2, 0) is 16.4 Å². The maximum absolute atomic E-state index is 12.9. The first kappa shape index (κ1) is 21.0. The molecule has 0 aliphatic carbocycles. The van der Waals surface area contributed by atoms with Crippen molar-refractivity contribution < 1.29 is 13.2 Å². The zero-order valence-electron chi connectivity index (χ0n) is 14.3. The maximum Gasteiger partial charge on any atom is 0.262 e. The molecule has 3 rings (SSSR count). The van der Waals surface area contributed by atoms with E-state index in [-0.39, 0.29) is 15.7 Å². The van der Waals surface area contributed by atoms with E-state index in [9.17, 15) is 13.2 Å². The summed E-state index contributed by atoms with van der Waals surface area (Å²) in [5, 5.41) is 5.50. The predicted octanol–water partition coefficient (Wildman–Crippen LogP) is 3.76. The molecule has 0 radical (unpaired) electrons. The second-order valence-corrected chi connectivity index (χ2v) is 10.8. The summed E-state index contributed by atoms with van der Waals surface area (Å²) in [7, 11) is -3.65. The zero-order chi connectivity index (χ0) is 19.4. The lowest BCUT2D eigenvalue weighted by Gasteiger charge is -2.25. The lowest BCUT2D eigenvalue weighted by Crippen LogP contribution is -2.38. The van der Waals surface area contributed by atoms with Gasteiger partial charge in [0.2, 0.25) is 10.0 Å². The second-order valence-electron chi connectivity index (χ2n) is 5.91. The van der Waals surface area contributed by atoms with Crippen molar-refractivity contribution in [3.05, 3.63) is 50.1 Å². The number of hydrogen-bond donors (Lipinski definition) is 1. The van der Waals surface area contributed by atoms with Gasteiger partial charge >= 0.3 is 0 Å². The van der Waals surface area contributed by atoms with E-state index in [0.717, 1.165) is 28.4 Å². The summed E-state index contributed by atoms with van der Waals surface area (Å²) in [5.74, 6) is 1.16. The number of hydrogen-bond acceptors (Lipinski definition) is 5. The fourth-order valence-electron chi connectivity index (χ4n) is 2.75. The number of nitrogens with zero attached hydrogens (tertiary/aromatic N) is 1. The quantitative estimate of drug-likeness (QED) is 0.706. The van der Waals surface area contributed by atoms with Gasteiger partial charge in [-0.1, -0.05) is 23.2 Å². The summed E-state index contributed by atoms with van der Waals surface area (Å²) in [6, 6.07) is 6.73. The van der Waals surface area contributed by atoms with Gasteiger partial charge in [-0.2, -0.15) is 16.1 Å². The van der Waals surface area contributed by atoms with Crippen LogP contribution in [0.2, 0.25) is 10.0 Å². The minimum absolute atomic E-state index is 0.0858. The van der Waals surface area contributed by atoms with Crippen LogP contribution >= 0.6 is 46.3 Å². The summed E-state index contributed by atoms with van der Waals surface area (Å²) in [5.41, 5.74) is 0.901. The number of rotatable bonds is 6. The van der Waals surface area contributed by atoms with Gasteiger partial charge in [-0.15, -0.1) is 11.3 Å². The molecule has 0 spiro atoms. The number of sulfonamides is 1. The molecule has 0 bridgehead atoms. The van der Waals surface area contributed by atoms with Gasteiger partial charge in [0, 0.05) is 41.2 Å². The summed E-state index contributed by atoms with van der Waals surface area (Å²) in [4.78, 5) is 12.8. The van der Waals surface area contributed by atoms with Crippen LogP contribution in [-0.4, -0.2) is 49.8 Å². The van der Waals surface area contributed by atoms with Crippen molar-refractivity contribution >= 4 is 62.2 Å². The van der Waals surface area contributed by atoms with Crippen LogP contribution in [0.4, 0.5) is 0 Å². The van der Waals surface area contributed by atoms with Gasteiger partial charge in [0.15, 0.2) is 0 Å². The molecule has 1 saturated heterocycles. The highest BCUT2D eigenvalue weighted by atomic mass is 35.5. The van der Waals surface area contributed by atoms with E-state index in [1.807, 2.05) is 0 Å². The Morgan fingerprint density at radius 1 is 1.15 bits per heavy atom. The molecule has 2 aromatic rings. The fourth-order valence-corrected chi connectivity index (χ4v) is 7.21. The molecule has 1 aliphatic heterocycles. The van der Waals surface area contributed by atoms with Crippen LogP contribution in [0.3, 0.4) is 0 Å². The first-order valence-electron chi connectivity index (χ1n) is 8.26. The lowest BCUT2D eigenvalue weighted by atomic mass is 10.1. The van der Waals surface area contributed by atoms with Crippen LogP contribution in [0.15, 0.2) is 34.5 Å². The van der Waals surface area contributed by atoms with E-state index in [1.54, 1.807) is 35.3 Å². The van der Waals surface area contributed by atoms with E-state index < -0.39 is 10.0 Å². The molecule has 2 heterocycles. The van der Waals surface area contributed by atoms with E-state index >= 15 is 0 Å². The highest BCUT2D eigenvalue weighted by molar-refractivity contribution is 7.99. The van der Waals surface area contributed by atoms with E-state index in [4.69, 9.17) is 23.2 Å². The molecule has 0 saturated carbocycles. The largest absolute Gasteiger partial charge is 0.351 e. The minimum atomic E-state index is -3.65. The number of nitrogens with one attached hydrogen (secondary N) is 1. The Morgan fingerprint density at radius 3 is 2.48 bits per heavy atom. The Morgan fingerprint density at radius 2 is 1.81 bits per heavy atom. The Kier molecular flexibility index (Phi) is 7.10. The van der Waals surface area contributed by atoms with Crippen LogP contribution in [0.25, 0.3) is 0 Å². The molecule has 1 amide bonds. The molecule has 5 nitrogen and oxygen atoms in total. The highest BCUT2D eigenvalue weighted by Gasteiger charge is 2.31. The van der Waals surface area contributed by atoms with Crippen molar-refractivity contribution in [2.24, 2.45) is 0 Å². The molecular weight excluding hydrogens is 447 g/mol. The van der Waals surface area contributed by atoms with Crippen molar-refractivity contribution in [2.75, 3.05) is 31.1 Å². The first-order chi connectivity index (χ1) is 12.9. The number of carbonyl (C=O) groups is 1. The van der Waals surface area contributed by atoms with E-state index in [1.165, 1.54) is 10.4 Å². The van der Waals surface area contributed by atoms with Crippen molar-refractivity contribution in [2.45, 2.75) is 11.3 Å². The third kappa shape index (κ3) is 5.19. The van der Waals surface area contributed by atoms with Gasteiger partial charge in [-0.25, -0.2) is 8.42 Å². The van der Waals surface area contributed by atoms with Gasteiger partial charge in [0.1, 0.15) is 9.77 Å². The van der Waals surface area contributed by atoms with Crippen LogP contribution in [0, 0.1) is 0 Å². The Balaban J connectivity index is 1.66. The third-order valence-electron chi connectivity index (χ3n) is 4.04. The van der Waals surface area contributed by atoms with Crippen LogP contribution < -0.4 is 5.32 Å². The molecule has 1 fully saturated rings. The average Bonchev–Trinajstić information content (AvgIpc) is 3.12. The first-order valence-corrected chi connectivity index (χ1v) is 12.5. The van der Waals surface area contributed by atoms with Crippen molar-refractivity contribution in [1.29, 1.82) is 0 Å². The predicted molar refractivity (Wildman–Crippen MR) is 113 cm³/mol. The number of halogens is 2. The molecule has 0 unspecified atom stereocenters. The summed E-state index contributed by atoms with van der Waals surface area (Å²) in [6.45, 7) is 1.30. The topological polar surface area (TPSA) is 66.5 Å². The molecule has 146 valence electrons. The van der Waals surface area contributed by atoms with Crippen LogP contribution in [0.1, 0.15) is 15.2 Å². The van der Waals surface area contributed by atoms with Gasteiger partial charge in [0.05, 0.1) is 0 Å². The smallest absolute Gasteiger partial charge is 0.262 e. The molecule has 27 heavy (non-hydrogen) atoms. The average molecular weight is 465 g/mol. The number of thiophene rings is 1. The molecule has 1 aromatic heterocycles. The van der Waals surface area contributed by atoms with Crippen molar-refractivity contribution in [3.8, 4) is 0 Å². The zero-order valence-corrected chi connectivity index (χ0v) is 18.2. The summed E-state index contributed by atoms with van der Waals surface area (Å²) >= 11 is 14.8. The minimum Gasteiger partial charge on any atom is -0.351 e. The van der Waals surface area contributed by atoms with Crippen molar-refractivity contribution in [1.82, 2.24) is 9.62 Å². The lowest BCUT2D eigenvalue weighted by molar-refractivity contribution is 0.0955. The number of carbonyl (C=O) groups excluding carboxylic acids is 1.